The quantitative estimate of drug-likeness (QED) is 0.871. The van der Waals surface area contributed by atoms with Crippen LogP contribution in [0.2, 0.25) is 0 Å². The van der Waals surface area contributed by atoms with Crippen LogP contribution in [0.25, 0.3) is 0 Å². The van der Waals surface area contributed by atoms with Crippen LogP contribution in [0.4, 0.5) is 8.78 Å². The Labute approximate surface area is 102 Å². The molecule has 0 spiro atoms. The smallest absolute Gasteiger partial charge is 0.308 e. The largest absolute Gasteiger partial charge is 0.481 e. The fourth-order valence-electron chi connectivity index (χ4n) is 1.96. The average molecular weight is 255 g/mol. The summed E-state index contributed by atoms with van der Waals surface area (Å²) in [6.45, 7) is 0.419. The number of halogens is 2. The van der Waals surface area contributed by atoms with Crippen LogP contribution in [-0.2, 0) is 4.79 Å². The Balaban J connectivity index is 2.12. The van der Waals surface area contributed by atoms with Gasteiger partial charge in [0.1, 0.15) is 0 Å². The highest BCUT2D eigenvalue weighted by atomic mass is 19.2. The summed E-state index contributed by atoms with van der Waals surface area (Å²) in [6.07, 6.45) is 0.380. The van der Waals surface area contributed by atoms with Gasteiger partial charge in [0.25, 0.3) is 5.91 Å². The lowest BCUT2D eigenvalue weighted by molar-refractivity contribution is -0.141. The van der Waals surface area contributed by atoms with Crippen LogP contribution < -0.4 is 0 Å². The first-order chi connectivity index (χ1) is 8.49. The number of carboxylic acid groups (broad SMARTS) is 1. The zero-order valence-corrected chi connectivity index (χ0v) is 9.40. The number of amides is 1. The van der Waals surface area contributed by atoms with Crippen molar-refractivity contribution in [3.05, 3.63) is 35.4 Å². The Morgan fingerprint density at radius 2 is 2.00 bits per heavy atom. The van der Waals surface area contributed by atoms with E-state index in [4.69, 9.17) is 5.11 Å². The number of hydrogen-bond acceptors (Lipinski definition) is 2. The van der Waals surface area contributed by atoms with Crippen molar-refractivity contribution >= 4 is 11.9 Å². The number of aliphatic carboxylic acids is 1. The second kappa shape index (κ2) is 4.72. The van der Waals surface area contributed by atoms with E-state index in [1.807, 2.05) is 0 Å². The van der Waals surface area contributed by atoms with E-state index >= 15 is 0 Å². The molecule has 1 heterocycles. The number of likely N-dealkylation sites (tertiary alicyclic amines) is 1. The van der Waals surface area contributed by atoms with Gasteiger partial charge in [-0.05, 0) is 24.6 Å². The maximum atomic E-state index is 13.0. The summed E-state index contributed by atoms with van der Waals surface area (Å²) in [5, 5.41) is 8.82. The number of carbonyl (C=O) groups excluding carboxylic acids is 1. The van der Waals surface area contributed by atoms with Gasteiger partial charge < -0.3 is 10.0 Å². The molecule has 6 heteroatoms. The van der Waals surface area contributed by atoms with Crippen molar-refractivity contribution in [1.82, 2.24) is 4.90 Å². The van der Waals surface area contributed by atoms with E-state index in [2.05, 4.69) is 0 Å². The first kappa shape index (κ1) is 12.5. The van der Waals surface area contributed by atoms with E-state index in [9.17, 15) is 18.4 Å². The van der Waals surface area contributed by atoms with Crippen molar-refractivity contribution in [1.29, 1.82) is 0 Å². The van der Waals surface area contributed by atoms with Crippen LogP contribution >= 0.6 is 0 Å². The molecule has 0 radical (unpaired) electrons. The van der Waals surface area contributed by atoms with Gasteiger partial charge in [0.05, 0.1) is 5.92 Å². The predicted octanol–water partition coefficient (Wildman–Crippen LogP) is 1.51. The number of hydrogen-bond donors (Lipinski definition) is 1. The van der Waals surface area contributed by atoms with Crippen molar-refractivity contribution in [2.24, 2.45) is 5.92 Å². The molecule has 0 saturated carbocycles. The summed E-state index contributed by atoms with van der Waals surface area (Å²) in [4.78, 5) is 24.0. The third-order valence-corrected chi connectivity index (χ3v) is 2.99. The topological polar surface area (TPSA) is 57.6 Å². The Morgan fingerprint density at radius 3 is 2.56 bits per heavy atom. The molecule has 0 aromatic heterocycles. The summed E-state index contributed by atoms with van der Waals surface area (Å²) >= 11 is 0. The van der Waals surface area contributed by atoms with Crippen LogP contribution in [0.15, 0.2) is 18.2 Å². The number of carbonyl (C=O) groups is 2. The lowest BCUT2D eigenvalue weighted by Gasteiger charge is -2.15. The second-order valence-electron chi connectivity index (χ2n) is 4.20. The van der Waals surface area contributed by atoms with Crippen molar-refractivity contribution in [3.8, 4) is 0 Å². The van der Waals surface area contributed by atoms with E-state index in [0.717, 1.165) is 12.1 Å². The third kappa shape index (κ3) is 2.32. The molecule has 0 aliphatic carbocycles. The van der Waals surface area contributed by atoms with Gasteiger partial charge in [0.15, 0.2) is 11.6 Å². The fraction of sp³-hybridized carbons (Fsp3) is 0.333. The zero-order chi connectivity index (χ0) is 13.3. The second-order valence-corrected chi connectivity index (χ2v) is 4.20. The maximum Gasteiger partial charge on any atom is 0.308 e. The molecular formula is C12H11F2NO3. The first-order valence-corrected chi connectivity index (χ1v) is 5.46. The monoisotopic (exact) mass is 255 g/mol. The van der Waals surface area contributed by atoms with Gasteiger partial charge in [-0.2, -0.15) is 0 Å². The molecule has 1 N–H and O–H groups in total. The van der Waals surface area contributed by atoms with Crippen LogP contribution in [0.5, 0.6) is 0 Å². The SMILES string of the molecule is O=C(O)[C@H]1CCN(C(=O)c2ccc(F)c(F)c2)C1. The minimum atomic E-state index is -1.09. The molecule has 1 atom stereocenters. The molecule has 1 aromatic rings. The van der Waals surface area contributed by atoms with E-state index in [0.29, 0.717) is 13.0 Å². The molecular weight excluding hydrogens is 244 g/mol. The summed E-state index contributed by atoms with van der Waals surface area (Å²) < 4.78 is 25.7. The fourth-order valence-corrected chi connectivity index (χ4v) is 1.96. The van der Waals surface area contributed by atoms with Gasteiger partial charge in [0.2, 0.25) is 0 Å². The molecule has 18 heavy (non-hydrogen) atoms. The first-order valence-electron chi connectivity index (χ1n) is 5.46. The van der Waals surface area contributed by atoms with Gasteiger partial charge in [-0.25, -0.2) is 8.78 Å². The van der Waals surface area contributed by atoms with Crippen molar-refractivity contribution in [3.63, 3.8) is 0 Å². The van der Waals surface area contributed by atoms with E-state index in [-0.39, 0.29) is 12.1 Å². The van der Waals surface area contributed by atoms with E-state index < -0.39 is 29.4 Å². The summed E-state index contributed by atoms with van der Waals surface area (Å²) in [6, 6.07) is 2.90. The predicted molar refractivity (Wildman–Crippen MR) is 58.0 cm³/mol. The lowest BCUT2D eigenvalue weighted by Crippen LogP contribution is -2.30. The molecule has 1 aliphatic rings. The minimum absolute atomic E-state index is 0.0277. The molecule has 2 rings (SSSR count). The highest BCUT2D eigenvalue weighted by Crippen LogP contribution is 2.19. The summed E-state index contributed by atoms with van der Waals surface area (Å²) in [7, 11) is 0. The third-order valence-electron chi connectivity index (χ3n) is 2.99. The highest BCUT2D eigenvalue weighted by Gasteiger charge is 2.31. The Kier molecular flexibility index (Phi) is 3.27. The Morgan fingerprint density at radius 1 is 1.28 bits per heavy atom. The number of carboxylic acids is 1. The van der Waals surface area contributed by atoms with Gasteiger partial charge in [-0.3, -0.25) is 9.59 Å². The molecule has 0 bridgehead atoms. The van der Waals surface area contributed by atoms with Crippen molar-refractivity contribution < 1.29 is 23.5 Å². The maximum absolute atomic E-state index is 13.0. The molecule has 1 aromatic carbocycles. The van der Waals surface area contributed by atoms with Crippen molar-refractivity contribution in [2.45, 2.75) is 6.42 Å². The van der Waals surface area contributed by atoms with Gasteiger partial charge in [-0.1, -0.05) is 0 Å². The molecule has 0 unspecified atom stereocenters. The van der Waals surface area contributed by atoms with Crippen LogP contribution in [0, 0.1) is 17.6 Å². The van der Waals surface area contributed by atoms with Crippen LogP contribution in [0.3, 0.4) is 0 Å². The molecule has 4 nitrogen and oxygen atoms in total. The molecule has 1 aliphatic heterocycles. The van der Waals surface area contributed by atoms with Gasteiger partial charge >= 0.3 is 5.97 Å². The number of benzene rings is 1. The van der Waals surface area contributed by atoms with Crippen LogP contribution in [0.1, 0.15) is 16.8 Å². The highest BCUT2D eigenvalue weighted by molar-refractivity contribution is 5.94. The van der Waals surface area contributed by atoms with Gasteiger partial charge in [0, 0.05) is 18.7 Å². The van der Waals surface area contributed by atoms with E-state index in [1.54, 1.807) is 0 Å². The summed E-state index contributed by atoms with van der Waals surface area (Å²) in [5.74, 6) is -4.11. The van der Waals surface area contributed by atoms with Crippen LogP contribution in [-0.4, -0.2) is 35.0 Å². The number of nitrogens with zero attached hydrogens (tertiary/aromatic N) is 1. The zero-order valence-electron chi connectivity index (χ0n) is 9.40. The minimum Gasteiger partial charge on any atom is -0.481 e. The normalized spacial score (nSPS) is 19.0. The van der Waals surface area contributed by atoms with Gasteiger partial charge in [-0.15, -0.1) is 0 Å². The lowest BCUT2D eigenvalue weighted by atomic mass is 10.1. The van der Waals surface area contributed by atoms with E-state index in [1.165, 1.54) is 11.0 Å². The average Bonchev–Trinajstić information content (AvgIpc) is 2.81. The molecule has 1 saturated heterocycles. The van der Waals surface area contributed by atoms with Crippen molar-refractivity contribution in [2.75, 3.05) is 13.1 Å². The molecule has 1 fully saturated rings. The standard InChI is InChI=1S/C12H11F2NO3/c13-9-2-1-7(5-10(9)14)11(16)15-4-3-8(6-15)12(17)18/h1-2,5,8H,3-4,6H2,(H,17,18)/t8-/m0/s1. The Bertz CT molecular complexity index is 504. The number of rotatable bonds is 2. The summed E-state index contributed by atoms with van der Waals surface area (Å²) in [5.41, 5.74) is 0.0277. The molecule has 96 valence electrons. The Hall–Kier alpha value is -1.98. The molecule has 1 amide bonds.